The second-order valence-electron chi connectivity index (χ2n) is 3.69. The van der Waals surface area contributed by atoms with Crippen molar-refractivity contribution < 1.29 is 23.8 Å². The molecule has 0 aliphatic carbocycles. The van der Waals surface area contributed by atoms with E-state index in [4.69, 9.17) is 9.52 Å². The topological polar surface area (TPSA) is 103 Å². The quantitative estimate of drug-likeness (QED) is 0.674. The molecule has 0 fully saturated rings. The first-order chi connectivity index (χ1) is 9.49. The lowest BCUT2D eigenvalue weighted by atomic mass is 10.4. The predicted molar refractivity (Wildman–Crippen MR) is 67.9 cm³/mol. The summed E-state index contributed by atoms with van der Waals surface area (Å²) >= 11 is 1.09. The van der Waals surface area contributed by atoms with E-state index in [1.54, 1.807) is 13.0 Å². The second kappa shape index (κ2) is 5.74. The Morgan fingerprint density at radius 2 is 2.10 bits per heavy atom. The highest BCUT2D eigenvalue weighted by atomic mass is 32.2. The molecule has 2 rings (SSSR count). The maximum Gasteiger partial charge on any atom is 0.376 e. The summed E-state index contributed by atoms with van der Waals surface area (Å²) in [5.41, 5.74) is 0.591. The van der Waals surface area contributed by atoms with Crippen molar-refractivity contribution >= 4 is 23.7 Å². The number of rotatable bonds is 4. The number of nitrogens with zero attached hydrogens (tertiary/aromatic N) is 2. The Morgan fingerprint density at radius 3 is 2.70 bits per heavy atom. The van der Waals surface area contributed by atoms with Gasteiger partial charge < -0.3 is 14.3 Å². The maximum atomic E-state index is 11.4. The Balaban J connectivity index is 2.26. The fourth-order valence-electron chi connectivity index (χ4n) is 1.37. The van der Waals surface area contributed by atoms with Crippen LogP contribution in [0.3, 0.4) is 0 Å². The number of esters is 1. The zero-order valence-electron chi connectivity index (χ0n) is 10.6. The van der Waals surface area contributed by atoms with E-state index in [9.17, 15) is 9.59 Å². The van der Waals surface area contributed by atoms with Crippen LogP contribution in [0.2, 0.25) is 0 Å². The molecule has 0 saturated heterocycles. The van der Waals surface area contributed by atoms with Crippen molar-refractivity contribution in [3.63, 3.8) is 0 Å². The largest absolute Gasteiger partial charge is 0.475 e. The fraction of sp³-hybridized carbons (Fsp3) is 0.167. The summed E-state index contributed by atoms with van der Waals surface area (Å²) in [6.07, 6.45) is 0. The summed E-state index contributed by atoms with van der Waals surface area (Å²) in [4.78, 5) is 30.1. The Hall–Kier alpha value is -2.35. The summed E-state index contributed by atoms with van der Waals surface area (Å²) in [5.74, 6) is -2.00. The molecule has 2 aromatic heterocycles. The SMILES string of the molecule is COC(=O)c1nc(C)cc(Sc2ccc(C(=O)O)o2)n1. The zero-order chi connectivity index (χ0) is 14.7. The van der Waals surface area contributed by atoms with Crippen LogP contribution in [-0.2, 0) is 4.74 Å². The van der Waals surface area contributed by atoms with Gasteiger partial charge in [0, 0.05) is 5.69 Å². The first-order valence-corrected chi connectivity index (χ1v) is 6.26. The highest BCUT2D eigenvalue weighted by molar-refractivity contribution is 7.99. The van der Waals surface area contributed by atoms with Crippen molar-refractivity contribution in [2.45, 2.75) is 17.0 Å². The van der Waals surface area contributed by atoms with E-state index in [0.717, 1.165) is 11.8 Å². The van der Waals surface area contributed by atoms with Crippen molar-refractivity contribution in [3.05, 3.63) is 35.5 Å². The van der Waals surface area contributed by atoms with Gasteiger partial charge in [0.1, 0.15) is 5.03 Å². The average molecular weight is 294 g/mol. The van der Waals surface area contributed by atoms with Gasteiger partial charge in [-0.25, -0.2) is 19.6 Å². The van der Waals surface area contributed by atoms with Crippen LogP contribution in [0.15, 0.2) is 32.7 Å². The Morgan fingerprint density at radius 1 is 1.35 bits per heavy atom. The minimum absolute atomic E-state index is 0.0555. The van der Waals surface area contributed by atoms with Gasteiger partial charge in [0.2, 0.25) is 11.6 Å². The van der Waals surface area contributed by atoms with Crippen molar-refractivity contribution in [1.82, 2.24) is 9.97 Å². The molecule has 0 aliphatic rings. The zero-order valence-corrected chi connectivity index (χ0v) is 11.4. The van der Waals surface area contributed by atoms with E-state index in [1.807, 2.05) is 0 Å². The number of carbonyl (C=O) groups is 2. The van der Waals surface area contributed by atoms with Gasteiger partial charge in [-0.2, -0.15) is 0 Å². The van der Waals surface area contributed by atoms with E-state index in [-0.39, 0.29) is 11.6 Å². The van der Waals surface area contributed by atoms with Gasteiger partial charge in [0.05, 0.1) is 7.11 Å². The van der Waals surface area contributed by atoms with E-state index in [2.05, 4.69) is 14.7 Å². The van der Waals surface area contributed by atoms with Crippen LogP contribution in [0.4, 0.5) is 0 Å². The van der Waals surface area contributed by atoms with Crippen molar-refractivity contribution in [3.8, 4) is 0 Å². The molecule has 0 amide bonds. The molecule has 0 bridgehead atoms. The highest BCUT2D eigenvalue weighted by Crippen LogP contribution is 2.28. The van der Waals surface area contributed by atoms with Gasteiger partial charge in [0.15, 0.2) is 5.09 Å². The van der Waals surface area contributed by atoms with Gasteiger partial charge in [-0.1, -0.05) is 0 Å². The number of hydrogen-bond acceptors (Lipinski definition) is 7. The van der Waals surface area contributed by atoms with Gasteiger partial charge in [-0.3, -0.25) is 0 Å². The van der Waals surface area contributed by atoms with Crippen molar-refractivity contribution in [1.29, 1.82) is 0 Å². The molecule has 104 valence electrons. The molecule has 20 heavy (non-hydrogen) atoms. The number of carbonyl (C=O) groups excluding carboxylic acids is 1. The number of aryl methyl sites for hydroxylation is 1. The number of carboxylic acids is 1. The number of aromatic carboxylic acids is 1. The molecule has 2 aromatic rings. The van der Waals surface area contributed by atoms with Crippen molar-refractivity contribution in [2.75, 3.05) is 7.11 Å². The highest BCUT2D eigenvalue weighted by Gasteiger charge is 2.14. The number of ether oxygens (including phenoxy) is 1. The van der Waals surface area contributed by atoms with Crippen LogP contribution in [0.1, 0.15) is 26.9 Å². The minimum Gasteiger partial charge on any atom is -0.475 e. The predicted octanol–water partition coefficient (Wildman–Crippen LogP) is 2.01. The van der Waals surface area contributed by atoms with E-state index < -0.39 is 11.9 Å². The van der Waals surface area contributed by atoms with Crippen LogP contribution in [0, 0.1) is 6.92 Å². The van der Waals surface area contributed by atoms with Crippen LogP contribution >= 0.6 is 11.8 Å². The van der Waals surface area contributed by atoms with Gasteiger partial charge in [-0.15, -0.1) is 0 Å². The smallest absolute Gasteiger partial charge is 0.376 e. The summed E-state index contributed by atoms with van der Waals surface area (Å²) in [6.45, 7) is 1.71. The molecule has 0 aromatic carbocycles. The van der Waals surface area contributed by atoms with Gasteiger partial charge in [0.25, 0.3) is 0 Å². The second-order valence-corrected chi connectivity index (χ2v) is 4.71. The molecule has 7 nitrogen and oxygen atoms in total. The van der Waals surface area contributed by atoms with Gasteiger partial charge in [-0.05, 0) is 36.9 Å². The summed E-state index contributed by atoms with van der Waals surface area (Å²) < 4.78 is 9.66. The third-order valence-corrected chi connectivity index (χ3v) is 3.03. The number of carboxylic acid groups (broad SMARTS) is 1. The maximum absolute atomic E-state index is 11.4. The Labute approximate surface area is 118 Å². The molecular formula is C12H10N2O5S. The molecule has 0 spiro atoms. The molecule has 0 radical (unpaired) electrons. The lowest BCUT2D eigenvalue weighted by molar-refractivity contribution is 0.0584. The minimum atomic E-state index is -1.15. The molecule has 1 N–H and O–H groups in total. The standard InChI is InChI=1S/C12H10N2O5S/c1-6-5-8(14-10(13-6)12(17)18-2)20-9-4-3-7(19-9)11(15)16/h3-5H,1-2H3,(H,15,16). The third kappa shape index (κ3) is 3.15. The van der Waals surface area contributed by atoms with Crippen LogP contribution in [-0.4, -0.2) is 34.1 Å². The van der Waals surface area contributed by atoms with Gasteiger partial charge >= 0.3 is 11.9 Å². The molecule has 0 unspecified atom stereocenters. The number of methoxy groups -OCH3 is 1. The summed E-state index contributed by atoms with van der Waals surface area (Å²) in [5, 5.41) is 9.59. The van der Waals surface area contributed by atoms with Crippen LogP contribution < -0.4 is 0 Å². The first-order valence-electron chi connectivity index (χ1n) is 5.44. The molecule has 8 heteroatoms. The monoisotopic (exact) mass is 294 g/mol. The Kier molecular flexibility index (Phi) is 4.04. The Bertz CT molecular complexity index is 668. The number of aromatic nitrogens is 2. The molecule has 2 heterocycles. The number of hydrogen-bond donors (Lipinski definition) is 1. The van der Waals surface area contributed by atoms with Crippen LogP contribution in [0.5, 0.6) is 0 Å². The van der Waals surface area contributed by atoms with Crippen molar-refractivity contribution in [2.24, 2.45) is 0 Å². The lowest BCUT2D eigenvalue weighted by Crippen LogP contribution is -2.08. The number of furan rings is 1. The molecule has 0 aliphatic heterocycles. The fourth-order valence-corrected chi connectivity index (χ4v) is 2.20. The lowest BCUT2D eigenvalue weighted by Gasteiger charge is -2.02. The summed E-state index contributed by atoms with van der Waals surface area (Å²) in [7, 11) is 1.24. The van der Waals surface area contributed by atoms with E-state index in [1.165, 1.54) is 19.2 Å². The van der Waals surface area contributed by atoms with Crippen LogP contribution in [0.25, 0.3) is 0 Å². The van der Waals surface area contributed by atoms with E-state index >= 15 is 0 Å². The molecule has 0 saturated carbocycles. The molecular weight excluding hydrogens is 284 g/mol. The summed E-state index contributed by atoms with van der Waals surface area (Å²) in [6, 6.07) is 4.52. The first kappa shape index (κ1) is 14.1. The van der Waals surface area contributed by atoms with E-state index in [0.29, 0.717) is 15.8 Å². The normalized spacial score (nSPS) is 10.3. The average Bonchev–Trinajstić information content (AvgIpc) is 2.85. The molecule has 0 atom stereocenters. The third-order valence-electron chi connectivity index (χ3n) is 2.20.